The highest BCUT2D eigenvalue weighted by atomic mass is 32.2. The van der Waals surface area contributed by atoms with E-state index in [2.05, 4.69) is 6.07 Å². The van der Waals surface area contributed by atoms with E-state index in [-0.39, 0.29) is 4.90 Å². The maximum Gasteiger partial charge on any atom is 0.264 e. The van der Waals surface area contributed by atoms with Crippen molar-refractivity contribution in [1.82, 2.24) is 0 Å². The SMILES string of the molecule is COc1ccc(S(=O)(=O)N(C)c2ccc(OCc3ccc(C#N)cc3)cc2)cc1. The van der Waals surface area contributed by atoms with Crippen LogP contribution in [0.25, 0.3) is 0 Å². The first-order valence-electron chi connectivity index (χ1n) is 8.79. The number of hydrogen-bond acceptors (Lipinski definition) is 5. The van der Waals surface area contributed by atoms with E-state index in [0.717, 1.165) is 5.56 Å². The highest BCUT2D eigenvalue weighted by Crippen LogP contribution is 2.25. The lowest BCUT2D eigenvalue weighted by Crippen LogP contribution is -2.26. The number of sulfonamides is 1. The fraction of sp³-hybridized carbons (Fsp3) is 0.136. The Hall–Kier alpha value is -3.50. The van der Waals surface area contributed by atoms with Crippen molar-refractivity contribution in [2.45, 2.75) is 11.5 Å². The fourth-order valence-electron chi connectivity index (χ4n) is 2.64. The van der Waals surface area contributed by atoms with Crippen molar-refractivity contribution in [2.24, 2.45) is 0 Å². The number of anilines is 1. The number of nitrogens with zero attached hydrogens (tertiary/aromatic N) is 2. The van der Waals surface area contributed by atoms with Gasteiger partial charge in [0.1, 0.15) is 18.1 Å². The van der Waals surface area contributed by atoms with Crippen molar-refractivity contribution in [3.63, 3.8) is 0 Å². The predicted molar refractivity (Wildman–Crippen MR) is 111 cm³/mol. The summed E-state index contributed by atoms with van der Waals surface area (Å²) in [5.41, 5.74) is 2.05. The summed E-state index contributed by atoms with van der Waals surface area (Å²) in [6.45, 7) is 0.352. The van der Waals surface area contributed by atoms with Gasteiger partial charge in [-0.3, -0.25) is 4.31 Å². The van der Waals surface area contributed by atoms with Crippen molar-refractivity contribution in [3.05, 3.63) is 83.9 Å². The summed E-state index contributed by atoms with van der Waals surface area (Å²) in [7, 11) is -0.647. The molecule has 7 heteroatoms. The lowest BCUT2D eigenvalue weighted by molar-refractivity contribution is 0.306. The first-order valence-corrected chi connectivity index (χ1v) is 10.2. The predicted octanol–water partition coefficient (Wildman–Crippen LogP) is 3.97. The number of benzene rings is 3. The minimum Gasteiger partial charge on any atom is -0.497 e. The van der Waals surface area contributed by atoms with E-state index in [9.17, 15) is 8.42 Å². The van der Waals surface area contributed by atoms with Crippen LogP contribution in [0.3, 0.4) is 0 Å². The second-order valence-electron chi connectivity index (χ2n) is 6.24. The summed E-state index contributed by atoms with van der Waals surface area (Å²) in [4.78, 5) is 0.182. The maximum atomic E-state index is 12.8. The van der Waals surface area contributed by atoms with Gasteiger partial charge < -0.3 is 9.47 Å². The van der Waals surface area contributed by atoms with E-state index in [1.807, 2.05) is 12.1 Å². The molecular formula is C22H20N2O4S. The Kier molecular flexibility index (Phi) is 6.05. The molecule has 0 spiro atoms. The molecule has 0 heterocycles. The van der Waals surface area contributed by atoms with Gasteiger partial charge in [0.25, 0.3) is 10.0 Å². The van der Waals surface area contributed by atoms with Gasteiger partial charge in [-0.05, 0) is 66.2 Å². The van der Waals surface area contributed by atoms with Crippen LogP contribution in [-0.4, -0.2) is 22.6 Å². The molecule has 0 atom stereocenters. The smallest absolute Gasteiger partial charge is 0.264 e. The van der Waals surface area contributed by atoms with E-state index in [1.165, 1.54) is 30.6 Å². The zero-order valence-electron chi connectivity index (χ0n) is 16.1. The lowest BCUT2D eigenvalue weighted by Gasteiger charge is -2.20. The maximum absolute atomic E-state index is 12.8. The standard InChI is InChI=1S/C22H20N2O4S/c1-24(29(25,26)22-13-11-20(27-2)12-14-22)19-7-9-21(10-8-19)28-16-18-5-3-17(15-23)4-6-18/h3-14H,16H2,1-2H3. The van der Waals surface area contributed by atoms with Crippen molar-refractivity contribution in [3.8, 4) is 17.6 Å². The number of hydrogen-bond donors (Lipinski definition) is 0. The molecule has 0 amide bonds. The van der Waals surface area contributed by atoms with Crippen LogP contribution in [0.2, 0.25) is 0 Å². The Labute approximate surface area is 170 Å². The summed E-state index contributed by atoms with van der Waals surface area (Å²) in [5, 5.41) is 8.83. The van der Waals surface area contributed by atoms with Crippen LogP contribution >= 0.6 is 0 Å². The van der Waals surface area contributed by atoms with Gasteiger partial charge in [-0.2, -0.15) is 5.26 Å². The Morgan fingerprint density at radius 2 is 1.48 bits per heavy atom. The van der Waals surface area contributed by atoms with E-state index in [1.54, 1.807) is 48.5 Å². The first-order chi connectivity index (χ1) is 13.9. The highest BCUT2D eigenvalue weighted by Gasteiger charge is 2.21. The quantitative estimate of drug-likeness (QED) is 0.591. The van der Waals surface area contributed by atoms with Crippen molar-refractivity contribution >= 4 is 15.7 Å². The summed E-state index contributed by atoms with van der Waals surface area (Å²) in [5.74, 6) is 1.21. The third-order valence-electron chi connectivity index (χ3n) is 4.41. The molecule has 3 rings (SSSR count). The third-order valence-corrected chi connectivity index (χ3v) is 6.21. The van der Waals surface area contributed by atoms with Crippen LogP contribution in [-0.2, 0) is 16.6 Å². The fourth-order valence-corrected chi connectivity index (χ4v) is 3.83. The van der Waals surface area contributed by atoms with Crippen LogP contribution in [0.5, 0.6) is 11.5 Å². The molecule has 0 unspecified atom stereocenters. The van der Waals surface area contributed by atoms with Crippen molar-refractivity contribution in [2.75, 3.05) is 18.5 Å². The molecule has 6 nitrogen and oxygen atoms in total. The van der Waals surface area contributed by atoms with E-state index in [0.29, 0.717) is 29.4 Å². The van der Waals surface area contributed by atoms with Gasteiger partial charge >= 0.3 is 0 Å². The van der Waals surface area contributed by atoms with Gasteiger partial charge in [-0.1, -0.05) is 12.1 Å². The molecule has 3 aromatic carbocycles. The summed E-state index contributed by atoms with van der Waals surface area (Å²) in [6.07, 6.45) is 0. The average molecular weight is 408 g/mol. The molecular weight excluding hydrogens is 388 g/mol. The van der Waals surface area contributed by atoms with Crippen LogP contribution in [0.1, 0.15) is 11.1 Å². The van der Waals surface area contributed by atoms with Crippen LogP contribution in [0.4, 0.5) is 5.69 Å². The van der Waals surface area contributed by atoms with Gasteiger partial charge in [0.2, 0.25) is 0 Å². The summed E-state index contributed by atoms with van der Waals surface area (Å²) in [6, 6.07) is 22.3. The largest absolute Gasteiger partial charge is 0.497 e. The number of ether oxygens (including phenoxy) is 2. The van der Waals surface area contributed by atoms with Gasteiger partial charge in [0.15, 0.2) is 0 Å². The van der Waals surface area contributed by atoms with Crippen LogP contribution in [0, 0.1) is 11.3 Å². The van der Waals surface area contributed by atoms with Gasteiger partial charge in [0, 0.05) is 7.05 Å². The Morgan fingerprint density at radius 1 is 0.897 bits per heavy atom. The molecule has 0 saturated heterocycles. The minimum absolute atomic E-state index is 0.182. The monoisotopic (exact) mass is 408 g/mol. The molecule has 148 valence electrons. The Morgan fingerprint density at radius 3 is 2.03 bits per heavy atom. The van der Waals surface area contributed by atoms with E-state index >= 15 is 0 Å². The van der Waals surface area contributed by atoms with Crippen molar-refractivity contribution < 1.29 is 17.9 Å². The molecule has 0 aromatic heterocycles. The Balaban J connectivity index is 1.68. The zero-order valence-corrected chi connectivity index (χ0v) is 16.9. The number of methoxy groups -OCH3 is 1. The highest BCUT2D eigenvalue weighted by molar-refractivity contribution is 7.92. The second-order valence-corrected chi connectivity index (χ2v) is 8.21. The summed E-state index contributed by atoms with van der Waals surface area (Å²) >= 11 is 0. The number of nitriles is 1. The van der Waals surface area contributed by atoms with Gasteiger partial charge in [0.05, 0.1) is 29.3 Å². The minimum atomic E-state index is -3.68. The molecule has 0 N–H and O–H groups in total. The Bertz CT molecular complexity index is 1100. The molecule has 0 aliphatic carbocycles. The van der Waals surface area contributed by atoms with E-state index in [4.69, 9.17) is 14.7 Å². The molecule has 0 saturated carbocycles. The van der Waals surface area contributed by atoms with E-state index < -0.39 is 10.0 Å². The van der Waals surface area contributed by atoms with Crippen LogP contribution in [0.15, 0.2) is 77.7 Å². The third kappa shape index (κ3) is 4.68. The normalized spacial score (nSPS) is 10.8. The van der Waals surface area contributed by atoms with Crippen molar-refractivity contribution in [1.29, 1.82) is 5.26 Å². The first kappa shape index (κ1) is 20.2. The number of rotatable bonds is 7. The molecule has 29 heavy (non-hydrogen) atoms. The molecule has 0 radical (unpaired) electrons. The average Bonchev–Trinajstić information content (AvgIpc) is 2.78. The molecule has 0 aliphatic heterocycles. The van der Waals surface area contributed by atoms with Crippen LogP contribution < -0.4 is 13.8 Å². The molecule has 0 aliphatic rings. The lowest BCUT2D eigenvalue weighted by atomic mass is 10.2. The zero-order chi connectivity index (χ0) is 20.9. The van der Waals surface area contributed by atoms with Gasteiger partial charge in [-0.25, -0.2) is 8.42 Å². The topological polar surface area (TPSA) is 79.6 Å². The molecule has 0 bridgehead atoms. The summed E-state index contributed by atoms with van der Waals surface area (Å²) < 4.78 is 37.6. The molecule has 0 fully saturated rings. The second kappa shape index (κ2) is 8.67. The van der Waals surface area contributed by atoms with Gasteiger partial charge in [-0.15, -0.1) is 0 Å². The molecule has 3 aromatic rings.